The minimum atomic E-state index is -3.51. The predicted octanol–water partition coefficient (Wildman–Crippen LogP) is 2.45. The molecule has 0 saturated carbocycles. The first-order chi connectivity index (χ1) is 15.0. The second-order valence-electron chi connectivity index (χ2n) is 7.93. The molecular formula is C20H26ClFN6O3S. The number of fused-ring (bicyclic) bond motifs is 1. The van der Waals surface area contributed by atoms with Crippen LogP contribution in [0.3, 0.4) is 0 Å². The first-order valence-corrected chi connectivity index (χ1v) is 12.3. The Morgan fingerprint density at radius 3 is 2.75 bits per heavy atom. The molecule has 1 aliphatic heterocycles. The maximum absolute atomic E-state index is 13.6. The van der Waals surface area contributed by atoms with Crippen LogP contribution in [0.15, 0.2) is 24.4 Å². The van der Waals surface area contributed by atoms with E-state index in [1.807, 2.05) is 13.8 Å². The predicted molar refractivity (Wildman–Crippen MR) is 120 cm³/mol. The number of carbonyl (C=O) groups is 1. The molecule has 1 atom stereocenters. The lowest BCUT2D eigenvalue weighted by molar-refractivity contribution is 0.187. The summed E-state index contributed by atoms with van der Waals surface area (Å²) < 4.78 is 39.1. The lowest BCUT2D eigenvalue weighted by Crippen LogP contribution is -2.46. The molecule has 0 spiro atoms. The molecule has 0 unspecified atom stereocenters. The maximum atomic E-state index is 13.6. The second kappa shape index (κ2) is 9.97. The van der Waals surface area contributed by atoms with Crippen LogP contribution in [0.2, 0.25) is 5.02 Å². The first-order valence-electron chi connectivity index (χ1n) is 10.1. The molecule has 1 aromatic carbocycles. The van der Waals surface area contributed by atoms with E-state index in [9.17, 15) is 17.6 Å². The number of aromatic nitrogens is 2. The number of amides is 2. The summed E-state index contributed by atoms with van der Waals surface area (Å²) in [4.78, 5) is 23.4. The van der Waals surface area contributed by atoms with E-state index in [4.69, 9.17) is 11.6 Å². The molecule has 3 N–H and O–H groups in total. The van der Waals surface area contributed by atoms with Crippen LogP contribution in [-0.2, 0) is 23.0 Å². The van der Waals surface area contributed by atoms with Gasteiger partial charge in [0.05, 0.1) is 29.6 Å². The molecule has 9 nitrogen and oxygen atoms in total. The number of sulfonamides is 1. The Hall–Kier alpha value is -2.50. The van der Waals surface area contributed by atoms with Crippen molar-refractivity contribution in [3.63, 3.8) is 0 Å². The Morgan fingerprint density at radius 1 is 1.34 bits per heavy atom. The van der Waals surface area contributed by atoms with Crippen LogP contribution in [0, 0.1) is 5.82 Å². The number of hydrogen-bond donors (Lipinski definition) is 3. The van der Waals surface area contributed by atoms with E-state index in [0.717, 1.165) is 17.5 Å². The molecule has 0 fully saturated rings. The highest BCUT2D eigenvalue weighted by atomic mass is 35.5. The van der Waals surface area contributed by atoms with E-state index in [1.165, 1.54) is 18.2 Å². The van der Waals surface area contributed by atoms with Gasteiger partial charge in [-0.3, -0.25) is 0 Å². The summed E-state index contributed by atoms with van der Waals surface area (Å²) in [5.74, 6) is -0.105. The molecule has 0 radical (unpaired) electrons. The number of carbonyl (C=O) groups excluding carboxylic acids is 1. The van der Waals surface area contributed by atoms with Gasteiger partial charge in [-0.05, 0) is 43.5 Å². The molecule has 2 heterocycles. The third-order valence-electron chi connectivity index (χ3n) is 4.84. The van der Waals surface area contributed by atoms with E-state index in [0.29, 0.717) is 24.5 Å². The second-order valence-corrected chi connectivity index (χ2v) is 10.2. The fourth-order valence-corrected chi connectivity index (χ4v) is 3.92. The van der Waals surface area contributed by atoms with Crippen LogP contribution < -0.4 is 15.4 Å². The molecule has 2 amide bonds. The maximum Gasteiger partial charge on any atom is 0.318 e. The average Bonchev–Trinajstić information content (AvgIpc) is 2.71. The van der Waals surface area contributed by atoms with Crippen LogP contribution >= 0.6 is 11.6 Å². The average molecular weight is 485 g/mol. The molecule has 174 valence electrons. The van der Waals surface area contributed by atoms with E-state index >= 15 is 0 Å². The molecule has 1 aliphatic rings. The number of hydrogen-bond acceptors (Lipinski definition) is 6. The van der Waals surface area contributed by atoms with Crippen molar-refractivity contribution >= 4 is 33.6 Å². The van der Waals surface area contributed by atoms with Crippen LogP contribution in [0.5, 0.6) is 0 Å². The number of nitrogens with one attached hydrogen (secondary N) is 3. The van der Waals surface area contributed by atoms with Gasteiger partial charge in [0.15, 0.2) is 0 Å². The van der Waals surface area contributed by atoms with Gasteiger partial charge in [0, 0.05) is 25.3 Å². The number of nitrogens with zero attached hydrogens (tertiary/aromatic N) is 3. The minimum absolute atomic E-state index is 0.110. The Bertz CT molecular complexity index is 1100. The number of anilines is 1. The summed E-state index contributed by atoms with van der Waals surface area (Å²) in [7, 11) is -3.51. The zero-order chi connectivity index (χ0) is 23.5. The summed E-state index contributed by atoms with van der Waals surface area (Å²) in [6.45, 7) is 4.59. The first kappa shape index (κ1) is 24.1. The van der Waals surface area contributed by atoms with Crippen molar-refractivity contribution in [1.82, 2.24) is 24.9 Å². The monoisotopic (exact) mass is 484 g/mol. The molecule has 0 aliphatic carbocycles. The van der Waals surface area contributed by atoms with E-state index in [-0.39, 0.29) is 24.2 Å². The standard InChI is InChI=1S/C20H26ClFN6O3S/c1-12(2)25-19-23-9-14-6-7-28(11-18(14)26-19)20(29)27-17(10-24-32(3,30)31)13-4-5-16(22)15(21)8-13/h4-5,8-9,12,17,24H,6-7,10-11H2,1-3H3,(H,27,29)(H,23,25,26)/t17-/m1/s1. The lowest BCUT2D eigenvalue weighted by Gasteiger charge is -2.30. The van der Waals surface area contributed by atoms with Crippen LogP contribution in [-0.4, -0.2) is 54.7 Å². The fourth-order valence-electron chi connectivity index (χ4n) is 3.26. The lowest BCUT2D eigenvalue weighted by atomic mass is 10.1. The quantitative estimate of drug-likeness (QED) is 0.556. The van der Waals surface area contributed by atoms with Crippen molar-refractivity contribution < 1.29 is 17.6 Å². The summed E-state index contributed by atoms with van der Waals surface area (Å²) in [6.07, 6.45) is 3.38. The van der Waals surface area contributed by atoms with Gasteiger partial charge in [-0.25, -0.2) is 32.3 Å². The highest BCUT2D eigenvalue weighted by Gasteiger charge is 2.25. The molecule has 32 heavy (non-hydrogen) atoms. The highest BCUT2D eigenvalue weighted by Crippen LogP contribution is 2.22. The Kier molecular flexibility index (Phi) is 7.52. The summed E-state index contributed by atoms with van der Waals surface area (Å²) in [5.41, 5.74) is 2.20. The SMILES string of the molecule is CC(C)Nc1ncc2c(n1)CN(C(=O)N[C@H](CNS(C)(=O)=O)c1ccc(F)c(Cl)c1)CC2. The molecular weight excluding hydrogens is 459 g/mol. The largest absolute Gasteiger partial charge is 0.352 e. The summed E-state index contributed by atoms with van der Waals surface area (Å²) >= 11 is 5.88. The van der Waals surface area contributed by atoms with Crippen LogP contribution in [0.1, 0.15) is 36.7 Å². The summed E-state index contributed by atoms with van der Waals surface area (Å²) in [5, 5.41) is 5.85. The van der Waals surface area contributed by atoms with Crippen molar-refractivity contribution in [3.8, 4) is 0 Å². The van der Waals surface area contributed by atoms with Crippen LogP contribution in [0.4, 0.5) is 15.1 Å². The van der Waals surface area contributed by atoms with Gasteiger partial charge < -0.3 is 15.5 Å². The molecule has 0 saturated heterocycles. The van der Waals surface area contributed by atoms with Crippen molar-refractivity contribution in [2.75, 3.05) is 24.7 Å². The van der Waals surface area contributed by atoms with Crippen LogP contribution in [0.25, 0.3) is 0 Å². The van der Waals surface area contributed by atoms with E-state index in [1.54, 1.807) is 11.1 Å². The highest BCUT2D eigenvalue weighted by molar-refractivity contribution is 7.88. The third kappa shape index (κ3) is 6.50. The Morgan fingerprint density at radius 2 is 2.09 bits per heavy atom. The van der Waals surface area contributed by atoms with Crippen molar-refractivity contribution in [3.05, 3.63) is 52.1 Å². The minimum Gasteiger partial charge on any atom is -0.352 e. The Labute approximate surface area is 191 Å². The van der Waals surface area contributed by atoms with Crippen molar-refractivity contribution in [2.24, 2.45) is 0 Å². The molecule has 12 heteroatoms. The Balaban J connectivity index is 1.76. The van der Waals surface area contributed by atoms with Gasteiger partial charge in [0.2, 0.25) is 16.0 Å². The molecule has 2 aromatic rings. The van der Waals surface area contributed by atoms with Gasteiger partial charge in [-0.15, -0.1) is 0 Å². The normalized spacial score (nSPS) is 14.8. The molecule has 3 rings (SSSR count). The zero-order valence-electron chi connectivity index (χ0n) is 18.0. The van der Waals surface area contributed by atoms with Crippen molar-refractivity contribution in [2.45, 2.75) is 38.9 Å². The fraction of sp³-hybridized carbons (Fsp3) is 0.450. The van der Waals surface area contributed by atoms with Gasteiger partial charge in [-0.1, -0.05) is 17.7 Å². The number of benzene rings is 1. The summed E-state index contributed by atoms with van der Waals surface area (Å²) in [6, 6.07) is 3.03. The van der Waals surface area contributed by atoms with E-state index < -0.39 is 27.9 Å². The third-order valence-corrected chi connectivity index (χ3v) is 5.82. The van der Waals surface area contributed by atoms with Gasteiger partial charge in [0.1, 0.15) is 5.82 Å². The molecule has 0 bridgehead atoms. The van der Waals surface area contributed by atoms with Gasteiger partial charge in [-0.2, -0.15) is 0 Å². The van der Waals surface area contributed by atoms with E-state index in [2.05, 4.69) is 25.3 Å². The number of urea groups is 1. The van der Waals surface area contributed by atoms with Gasteiger partial charge in [0.25, 0.3) is 0 Å². The number of halogens is 2. The van der Waals surface area contributed by atoms with Gasteiger partial charge >= 0.3 is 6.03 Å². The topological polar surface area (TPSA) is 116 Å². The molecule has 1 aromatic heterocycles. The number of rotatable bonds is 7. The van der Waals surface area contributed by atoms with Crippen molar-refractivity contribution in [1.29, 1.82) is 0 Å². The zero-order valence-corrected chi connectivity index (χ0v) is 19.6. The smallest absolute Gasteiger partial charge is 0.318 e.